The number of halogens is 1. The van der Waals surface area contributed by atoms with Crippen molar-refractivity contribution in [1.82, 2.24) is 9.97 Å². The van der Waals surface area contributed by atoms with Crippen molar-refractivity contribution in [3.8, 4) is 0 Å². The molecule has 12 heavy (non-hydrogen) atoms. The highest BCUT2D eigenvalue weighted by molar-refractivity contribution is 5.87. The highest BCUT2D eigenvalue weighted by Crippen LogP contribution is 2.16. The van der Waals surface area contributed by atoms with Gasteiger partial charge in [-0.3, -0.25) is 0 Å². The molecule has 0 atom stereocenters. The maximum absolute atomic E-state index is 12.7. The molecule has 0 amide bonds. The van der Waals surface area contributed by atoms with E-state index in [-0.39, 0.29) is 5.82 Å². The minimum Gasteiger partial charge on any atom is -0.383 e. The predicted octanol–water partition coefficient (Wildman–Crippen LogP) is 1.35. The van der Waals surface area contributed by atoms with E-state index >= 15 is 0 Å². The fraction of sp³-hybridized carbons (Fsp3) is 0. The first-order chi connectivity index (χ1) is 5.77. The van der Waals surface area contributed by atoms with Crippen molar-refractivity contribution in [1.29, 1.82) is 0 Å². The van der Waals surface area contributed by atoms with E-state index in [1.165, 1.54) is 18.5 Å². The molecule has 0 spiro atoms. The number of fused-ring (bicyclic) bond motifs is 1. The Kier molecular flexibility index (Phi) is 1.40. The number of benzene rings is 1. The predicted molar refractivity (Wildman–Crippen MR) is 43.9 cm³/mol. The zero-order valence-electron chi connectivity index (χ0n) is 6.16. The Hall–Kier alpha value is -1.71. The number of aromatic nitrogens is 2. The van der Waals surface area contributed by atoms with Crippen molar-refractivity contribution < 1.29 is 4.39 Å². The molecule has 0 fully saturated rings. The van der Waals surface area contributed by atoms with Crippen LogP contribution in [0.2, 0.25) is 0 Å². The molecule has 0 saturated heterocycles. The molecule has 2 N–H and O–H groups in total. The van der Waals surface area contributed by atoms with Gasteiger partial charge in [0.1, 0.15) is 18.0 Å². The minimum atomic E-state index is -0.330. The van der Waals surface area contributed by atoms with Crippen molar-refractivity contribution in [2.45, 2.75) is 0 Å². The van der Waals surface area contributed by atoms with Crippen LogP contribution in [0.1, 0.15) is 0 Å². The molecule has 0 aliphatic rings. The number of hydrogen-bond donors (Lipinski definition) is 1. The smallest absolute Gasteiger partial charge is 0.134 e. The maximum Gasteiger partial charge on any atom is 0.134 e. The molecule has 0 bridgehead atoms. The number of anilines is 1. The molecule has 2 rings (SSSR count). The van der Waals surface area contributed by atoms with Gasteiger partial charge in [-0.25, -0.2) is 14.4 Å². The number of nitrogen functional groups attached to an aromatic ring is 1. The highest BCUT2D eigenvalue weighted by Gasteiger charge is 2.00. The number of rotatable bonds is 0. The largest absolute Gasteiger partial charge is 0.383 e. The second-order valence-electron chi connectivity index (χ2n) is 2.42. The van der Waals surface area contributed by atoms with Crippen LogP contribution in [0, 0.1) is 5.82 Å². The van der Waals surface area contributed by atoms with Crippen molar-refractivity contribution >= 4 is 16.7 Å². The Morgan fingerprint density at radius 1 is 1.25 bits per heavy atom. The minimum absolute atomic E-state index is 0.305. The lowest BCUT2D eigenvalue weighted by atomic mass is 10.2. The van der Waals surface area contributed by atoms with Crippen LogP contribution in [-0.2, 0) is 0 Å². The summed E-state index contributed by atoms with van der Waals surface area (Å²) in [6, 6.07) is 4.24. The van der Waals surface area contributed by atoms with Gasteiger partial charge in [-0.2, -0.15) is 0 Å². The Labute approximate surface area is 68.1 Å². The molecule has 3 nitrogen and oxygen atoms in total. The zero-order chi connectivity index (χ0) is 8.55. The Morgan fingerprint density at radius 3 is 2.92 bits per heavy atom. The summed E-state index contributed by atoms with van der Waals surface area (Å²) in [4.78, 5) is 7.67. The number of nitrogens with zero attached hydrogens (tertiary/aromatic N) is 2. The maximum atomic E-state index is 12.7. The van der Waals surface area contributed by atoms with Gasteiger partial charge in [-0.1, -0.05) is 0 Å². The van der Waals surface area contributed by atoms with Gasteiger partial charge in [0.05, 0.1) is 5.52 Å². The summed E-state index contributed by atoms with van der Waals surface area (Å²) in [5.74, 6) is -0.0245. The molecule has 0 aliphatic heterocycles. The SMILES string of the molecule is Nc1ncnc2ccc(F)cc12. The summed E-state index contributed by atoms with van der Waals surface area (Å²) in [5, 5.41) is 0.553. The zero-order valence-corrected chi connectivity index (χ0v) is 6.16. The van der Waals surface area contributed by atoms with Crippen LogP contribution in [0.15, 0.2) is 24.5 Å². The second-order valence-corrected chi connectivity index (χ2v) is 2.42. The van der Waals surface area contributed by atoms with Gasteiger partial charge in [0, 0.05) is 5.39 Å². The van der Waals surface area contributed by atoms with Crippen LogP contribution in [0.5, 0.6) is 0 Å². The number of hydrogen-bond acceptors (Lipinski definition) is 3. The molecule has 1 aromatic carbocycles. The Balaban J connectivity index is 2.88. The first-order valence-corrected chi connectivity index (χ1v) is 3.43. The van der Waals surface area contributed by atoms with Crippen molar-refractivity contribution in [3.63, 3.8) is 0 Å². The molecule has 1 aromatic heterocycles. The van der Waals surface area contributed by atoms with Crippen LogP contribution >= 0.6 is 0 Å². The summed E-state index contributed by atoms with van der Waals surface area (Å²) in [7, 11) is 0. The number of nitrogens with two attached hydrogens (primary N) is 1. The summed E-state index contributed by atoms with van der Waals surface area (Å²) in [6.45, 7) is 0. The van der Waals surface area contributed by atoms with E-state index in [0.29, 0.717) is 16.7 Å². The van der Waals surface area contributed by atoms with E-state index in [0.717, 1.165) is 0 Å². The van der Waals surface area contributed by atoms with Crippen molar-refractivity contribution in [2.24, 2.45) is 0 Å². The third kappa shape index (κ3) is 0.972. The molecule has 0 aliphatic carbocycles. The lowest BCUT2D eigenvalue weighted by Crippen LogP contribution is -1.93. The summed E-state index contributed by atoms with van der Waals surface area (Å²) < 4.78 is 12.7. The molecule has 0 radical (unpaired) electrons. The average Bonchev–Trinajstić information content (AvgIpc) is 2.07. The standard InChI is InChI=1S/C8H6FN3/c9-5-1-2-7-6(3-5)8(10)12-4-11-7/h1-4H,(H2,10,11,12). The molecule has 4 heteroatoms. The normalized spacial score (nSPS) is 10.4. The first kappa shape index (κ1) is 6.97. The van der Waals surface area contributed by atoms with Crippen LogP contribution in [-0.4, -0.2) is 9.97 Å². The third-order valence-corrected chi connectivity index (χ3v) is 1.63. The highest BCUT2D eigenvalue weighted by atomic mass is 19.1. The van der Waals surface area contributed by atoms with Crippen molar-refractivity contribution in [2.75, 3.05) is 5.73 Å². The lowest BCUT2D eigenvalue weighted by molar-refractivity contribution is 0.629. The van der Waals surface area contributed by atoms with Crippen LogP contribution < -0.4 is 5.73 Å². The monoisotopic (exact) mass is 163 g/mol. The molecule has 1 heterocycles. The molecule has 60 valence electrons. The van der Waals surface area contributed by atoms with Crippen LogP contribution in [0.25, 0.3) is 10.9 Å². The van der Waals surface area contributed by atoms with E-state index in [1.54, 1.807) is 6.07 Å². The van der Waals surface area contributed by atoms with Crippen molar-refractivity contribution in [3.05, 3.63) is 30.3 Å². The lowest BCUT2D eigenvalue weighted by Gasteiger charge is -1.98. The van der Waals surface area contributed by atoms with Gasteiger partial charge in [0.2, 0.25) is 0 Å². The quantitative estimate of drug-likeness (QED) is 0.637. The summed E-state index contributed by atoms with van der Waals surface area (Å²) in [5.41, 5.74) is 6.16. The summed E-state index contributed by atoms with van der Waals surface area (Å²) >= 11 is 0. The second kappa shape index (κ2) is 2.41. The molecule has 0 unspecified atom stereocenters. The summed E-state index contributed by atoms with van der Waals surface area (Å²) in [6.07, 6.45) is 1.36. The average molecular weight is 163 g/mol. The fourth-order valence-electron chi connectivity index (χ4n) is 1.05. The van der Waals surface area contributed by atoms with Gasteiger partial charge in [0.25, 0.3) is 0 Å². The topological polar surface area (TPSA) is 51.8 Å². The molecular formula is C8H6FN3. The van der Waals surface area contributed by atoms with Gasteiger partial charge in [-0.05, 0) is 18.2 Å². The third-order valence-electron chi connectivity index (χ3n) is 1.63. The molecular weight excluding hydrogens is 157 g/mol. The van der Waals surface area contributed by atoms with Gasteiger partial charge in [0.15, 0.2) is 0 Å². The van der Waals surface area contributed by atoms with Gasteiger partial charge in [-0.15, -0.1) is 0 Å². The van der Waals surface area contributed by atoms with Gasteiger partial charge < -0.3 is 5.73 Å². The van der Waals surface area contributed by atoms with E-state index in [4.69, 9.17) is 5.73 Å². The van der Waals surface area contributed by atoms with E-state index in [1.807, 2.05) is 0 Å². The first-order valence-electron chi connectivity index (χ1n) is 3.43. The fourth-order valence-corrected chi connectivity index (χ4v) is 1.05. The van der Waals surface area contributed by atoms with E-state index in [9.17, 15) is 4.39 Å². The van der Waals surface area contributed by atoms with E-state index in [2.05, 4.69) is 9.97 Å². The van der Waals surface area contributed by atoms with E-state index < -0.39 is 0 Å². The van der Waals surface area contributed by atoms with Crippen LogP contribution in [0.3, 0.4) is 0 Å². The molecule has 2 aromatic rings. The Morgan fingerprint density at radius 2 is 2.08 bits per heavy atom. The Bertz CT molecular complexity index is 428. The van der Waals surface area contributed by atoms with Gasteiger partial charge >= 0.3 is 0 Å². The molecule has 0 saturated carbocycles. The van der Waals surface area contributed by atoms with Crippen LogP contribution in [0.4, 0.5) is 10.2 Å².